The third-order valence-electron chi connectivity index (χ3n) is 6.08. The van der Waals surface area contributed by atoms with Crippen LogP contribution in [0.1, 0.15) is 36.3 Å². The molecule has 0 aromatic heterocycles. The van der Waals surface area contributed by atoms with Gasteiger partial charge in [-0.2, -0.15) is 0 Å². The SMILES string of the molecule is O=C(O)COCCNC(=O)C1(NC(=O)OCC2c3ccccc3-c3ccccc32)CCC1. The minimum atomic E-state index is -1.07. The summed E-state index contributed by atoms with van der Waals surface area (Å²) in [6, 6.07) is 16.2. The predicted molar refractivity (Wildman–Crippen MR) is 116 cm³/mol. The van der Waals surface area contributed by atoms with Crippen molar-refractivity contribution in [1.29, 1.82) is 0 Å². The molecule has 8 nitrogen and oxygen atoms in total. The highest BCUT2D eigenvalue weighted by Crippen LogP contribution is 2.44. The van der Waals surface area contributed by atoms with Crippen LogP contribution in [-0.4, -0.2) is 55.0 Å². The first-order valence-corrected chi connectivity index (χ1v) is 10.7. The Bertz CT molecular complexity index is 972. The Morgan fingerprint density at radius 3 is 2.19 bits per heavy atom. The molecule has 168 valence electrons. The summed E-state index contributed by atoms with van der Waals surface area (Å²) in [5.41, 5.74) is 3.56. The molecule has 0 aliphatic heterocycles. The lowest BCUT2D eigenvalue weighted by Crippen LogP contribution is -2.63. The number of benzene rings is 2. The standard InChI is InChI=1S/C24H26N2O6/c27-21(28)15-31-13-12-25-22(29)24(10-5-11-24)26-23(30)32-14-20-18-8-3-1-6-16(18)17-7-2-4-9-19(17)20/h1-4,6-9,20H,5,10-15H2,(H,25,29)(H,26,30)(H,27,28). The minimum Gasteiger partial charge on any atom is -0.480 e. The first kappa shape index (κ1) is 21.8. The topological polar surface area (TPSA) is 114 Å². The number of amides is 2. The van der Waals surface area contributed by atoms with E-state index in [1.54, 1.807) is 0 Å². The number of fused-ring (bicyclic) bond motifs is 3. The van der Waals surface area contributed by atoms with Gasteiger partial charge in [-0.15, -0.1) is 0 Å². The van der Waals surface area contributed by atoms with E-state index in [1.165, 1.54) is 0 Å². The van der Waals surface area contributed by atoms with Crippen molar-refractivity contribution in [2.24, 2.45) is 0 Å². The molecule has 2 aromatic rings. The van der Waals surface area contributed by atoms with Crippen molar-refractivity contribution in [1.82, 2.24) is 10.6 Å². The molecule has 0 atom stereocenters. The second-order valence-electron chi connectivity index (χ2n) is 8.09. The van der Waals surface area contributed by atoms with Crippen molar-refractivity contribution < 1.29 is 29.0 Å². The number of hydrogen-bond donors (Lipinski definition) is 3. The highest BCUT2D eigenvalue weighted by atomic mass is 16.5. The summed E-state index contributed by atoms with van der Waals surface area (Å²) in [6.07, 6.45) is 1.26. The van der Waals surface area contributed by atoms with Crippen molar-refractivity contribution in [3.63, 3.8) is 0 Å². The van der Waals surface area contributed by atoms with Gasteiger partial charge < -0.3 is 25.2 Å². The Balaban J connectivity index is 1.32. The van der Waals surface area contributed by atoms with Crippen molar-refractivity contribution in [3.8, 4) is 11.1 Å². The van der Waals surface area contributed by atoms with Crippen LogP contribution in [0.5, 0.6) is 0 Å². The van der Waals surface area contributed by atoms with Gasteiger partial charge >= 0.3 is 12.1 Å². The molecule has 2 aromatic carbocycles. The maximum absolute atomic E-state index is 12.6. The van der Waals surface area contributed by atoms with E-state index in [0.29, 0.717) is 12.8 Å². The molecule has 0 radical (unpaired) electrons. The first-order chi connectivity index (χ1) is 15.5. The Kier molecular flexibility index (Phi) is 6.41. The van der Waals surface area contributed by atoms with E-state index in [0.717, 1.165) is 28.7 Å². The Labute approximate surface area is 185 Å². The van der Waals surface area contributed by atoms with Crippen molar-refractivity contribution in [2.75, 3.05) is 26.4 Å². The molecule has 1 saturated carbocycles. The zero-order valence-corrected chi connectivity index (χ0v) is 17.6. The first-order valence-electron chi connectivity index (χ1n) is 10.7. The fourth-order valence-electron chi connectivity index (χ4n) is 4.33. The maximum Gasteiger partial charge on any atom is 0.408 e. The molecule has 32 heavy (non-hydrogen) atoms. The van der Waals surface area contributed by atoms with Gasteiger partial charge in [-0.1, -0.05) is 48.5 Å². The third-order valence-corrected chi connectivity index (χ3v) is 6.08. The summed E-state index contributed by atoms with van der Waals surface area (Å²) in [4.78, 5) is 35.7. The van der Waals surface area contributed by atoms with E-state index in [-0.39, 0.29) is 31.6 Å². The quantitative estimate of drug-likeness (QED) is 0.519. The Hall–Kier alpha value is -3.39. The van der Waals surface area contributed by atoms with E-state index in [1.807, 2.05) is 24.3 Å². The van der Waals surface area contributed by atoms with Crippen molar-refractivity contribution >= 4 is 18.0 Å². The monoisotopic (exact) mass is 438 g/mol. The number of alkyl carbamates (subject to hydrolysis) is 1. The van der Waals surface area contributed by atoms with Crippen molar-refractivity contribution in [3.05, 3.63) is 59.7 Å². The van der Waals surface area contributed by atoms with Gasteiger partial charge in [0, 0.05) is 12.5 Å². The molecular formula is C24H26N2O6. The molecule has 1 fully saturated rings. The van der Waals surface area contributed by atoms with E-state index in [2.05, 4.69) is 34.9 Å². The highest BCUT2D eigenvalue weighted by Gasteiger charge is 2.46. The van der Waals surface area contributed by atoms with Gasteiger partial charge in [0.05, 0.1) is 6.61 Å². The summed E-state index contributed by atoms with van der Waals surface area (Å²) < 4.78 is 10.5. The summed E-state index contributed by atoms with van der Waals surface area (Å²) in [6.45, 7) is 0.0128. The number of rotatable bonds is 9. The third kappa shape index (κ3) is 4.45. The molecule has 0 unspecified atom stereocenters. The van der Waals surface area contributed by atoms with Crippen LogP contribution in [0.15, 0.2) is 48.5 Å². The predicted octanol–water partition coefficient (Wildman–Crippen LogP) is 2.67. The van der Waals surface area contributed by atoms with Gasteiger partial charge in [0.2, 0.25) is 5.91 Å². The Morgan fingerprint density at radius 1 is 1.00 bits per heavy atom. The number of carbonyl (C=O) groups excluding carboxylic acids is 2. The lowest BCUT2D eigenvalue weighted by atomic mass is 9.76. The molecule has 2 aliphatic rings. The Morgan fingerprint density at radius 2 is 1.62 bits per heavy atom. The zero-order valence-electron chi connectivity index (χ0n) is 17.6. The second kappa shape index (κ2) is 9.40. The fourth-order valence-corrected chi connectivity index (χ4v) is 4.33. The average molecular weight is 438 g/mol. The van der Waals surface area contributed by atoms with Crippen LogP contribution in [0.25, 0.3) is 11.1 Å². The number of carboxylic acid groups (broad SMARTS) is 1. The van der Waals surface area contributed by atoms with Crippen LogP contribution >= 0.6 is 0 Å². The molecule has 3 N–H and O–H groups in total. The number of ether oxygens (including phenoxy) is 2. The van der Waals surface area contributed by atoms with E-state index in [9.17, 15) is 14.4 Å². The summed E-state index contributed by atoms with van der Waals surface area (Å²) >= 11 is 0. The maximum atomic E-state index is 12.6. The molecule has 0 spiro atoms. The molecule has 8 heteroatoms. The second-order valence-corrected chi connectivity index (χ2v) is 8.09. The molecule has 2 aliphatic carbocycles. The van der Waals surface area contributed by atoms with Gasteiger partial charge in [-0.3, -0.25) is 4.79 Å². The van der Waals surface area contributed by atoms with Gasteiger partial charge in [0.25, 0.3) is 0 Å². The van der Waals surface area contributed by atoms with Crippen LogP contribution in [-0.2, 0) is 19.1 Å². The minimum absolute atomic E-state index is 0.0503. The molecule has 2 amide bonds. The van der Waals surface area contributed by atoms with Crippen LogP contribution < -0.4 is 10.6 Å². The number of carbonyl (C=O) groups is 3. The summed E-state index contributed by atoms with van der Waals surface area (Å²) in [5.74, 6) is -1.43. The molecule has 0 bridgehead atoms. The zero-order chi connectivity index (χ0) is 22.6. The normalized spacial score (nSPS) is 15.8. The number of nitrogens with one attached hydrogen (secondary N) is 2. The molecular weight excluding hydrogens is 412 g/mol. The molecule has 0 saturated heterocycles. The largest absolute Gasteiger partial charge is 0.480 e. The fraction of sp³-hybridized carbons (Fsp3) is 0.375. The lowest BCUT2D eigenvalue weighted by molar-refractivity contribution is -0.142. The highest BCUT2D eigenvalue weighted by molar-refractivity contribution is 5.91. The van der Waals surface area contributed by atoms with Gasteiger partial charge in [0.1, 0.15) is 18.8 Å². The lowest BCUT2D eigenvalue weighted by Gasteiger charge is -2.40. The average Bonchev–Trinajstić information content (AvgIpc) is 3.08. The van der Waals surface area contributed by atoms with E-state index < -0.39 is 24.2 Å². The summed E-state index contributed by atoms with van der Waals surface area (Å²) in [5, 5.41) is 14.0. The van der Waals surface area contributed by atoms with Crippen LogP contribution in [0, 0.1) is 0 Å². The van der Waals surface area contributed by atoms with Gasteiger partial charge in [-0.25, -0.2) is 9.59 Å². The van der Waals surface area contributed by atoms with Crippen LogP contribution in [0.2, 0.25) is 0 Å². The van der Waals surface area contributed by atoms with Crippen LogP contribution in [0.3, 0.4) is 0 Å². The van der Waals surface area contributed by atoms with Crippen molar-refractivity contribution in [2.45, 2.75) is 30.7 Å². The van der Waals surface area contributed by atoms with Gasteiger partial charge in [0.15, 0.2) is 0 Å². The van der Waals surface area contributed by atoms with Gasteiger partial charge in [-0.05, 0) is 41.5 Å². The van der Waals surface area contributed by atoms with E-state index >= 15 is 0 Å². The summed E-state index contributed by atoms with van der Waals surface area (Å²) in [7, 11) is 0. The number of hydrogen-bond acceptors (Lipinski definition) is 5. The van der Waals surface area contributed by atoms with Crippen LogP contribution in [0.4, 0.5) is 4.79 Å². The smallest absolute Gasteiger partial charge is 0.408 e. The van der Waals surface area contributed by atoms with E-state index in [4.69, 9.17) is 14.6 Å². The molecule has 4 rings (SSSR count). The number of carboxylic acids is 1. The number of aliphatic carboxylic acids is 1. The molecule has 0 heterocycles.